The molecular formula is C7H8N4Se. The Labute approximate surface area is 76.0 Å². The van der Waals surface area contributed by atoms with E-state index in [2.05, 4.69) is 26.9 Å². The number of rotatable bonds is 2. The van der Waals surface area contributed by atoms with Crippen molar-refractivity contribution < 1.29 is 0 Å². The van der Waals surface area contributed by atoms with Gasteiger partial charge in [-0.15, -0.1) is 0 Å². The number of H-pyrrole nitrogens is 1. The fraction of sp³-hybridized carbons (Fsp3) is 0.286. The van der Waals surface area contributed by atoms with Crippen LogP contribution in [-0.2, 0) is 0 Å². The molecule has 0 unspecified atom stereocenters. The Morgan fingerprint density at radius 2 is 2.50 bits per heavy atom. The number of fused-ring (bicyclic) bond motifs is 1. The number of nitrogens with zero attached hydrogens (tertiary/aromatic N) is 3. The first kappa shape index (κ1) is 7.70. The van der Waals surface area contributed by atoms with E-state index in [4.69, 9.17) is 0 Å². The minimum absolute atomic E-state index is 0.445. The molecule has 0 aliphatic rings. The molecule has 2 aromatic heterocycles. The Hall–Kier alpha value is -0.931. The van der Waals surface area contributed by atoms with Crippen LogP contribution in [0.25, 0.3) is 11.2 Å². The van der Waals surface area contributed by atoms with E-state index in [1.165, 1.54) is 6.33 Å². The molecule has 1 N–H and O–H groups in total. The van der Waals surface area contributed by atoms with Crippen LogP contribution in [0.5, 0.6) is 0 Å². The van der Waals surface area contributed by atoms with Crippen LogP contribution >= 0.6 is 0 Å². The molecule has 0 radical (unpaired) electrons. The summed E-state index contributed by atoms with van der Waals surface area (Å²) in [6.45, 7) is 2.15. The van der Waals surface area contributed by atoms with Gasteiger partial charge in [0, 0.05) is 0 Å². The zero-order valence-corrected chi connectivity index (χ0v) is 8.32. The minimum atomic E-state index is 0.445. The third-order valence-electron chi connectivity index (χ3n) is 1.42. The van der Waals surface area contributed by atoms with Crippen LogP contribution in [0.4, 0.5) is 0 Å². The molecule has 62 valence electrons. The normalized spacial score (nSPS) is 10.8. The number of aromatic nitrogens is 4. The summed E-state index contributed by atoms with van der Waals surface area (Å²) >= 11 is 0.445. The molecule has 0 spiro atoms. The Bertz CT molecular complexity index is 351. The Kier molecular flexibility index (Phi) is 2.06. The first-order valence-electron chi connectivity index (χ1n) is 3.68. The van der Waals surface area contributed by atoms with Crippen molar-refractivity contribution in [3.63, 3.8) is 0 Å². The van der Waals surface area contributed by atoms with Gasteiger partial charge in [-0.3, -0.25) is 0 Å². The van der Waals surface area contributed by atoms with Crippen LogP contribution in [0.15, 0.2) is 12.5 Å². The van der Waals surface area contributed by atoms with E-state index >= 15 is 0 Å². The molecule has 2 heterocycles. The Balaban J connectivity index is 2.47. The molecule has 0 aromatic carbocycles. The van der Waals surface area contributed by atoms with Crippen molar-refractivity contribution >= 4 is 30.8 Å². The Morgan fingerprint density at radius 3 is 3.25 bits per heavy atom. The van der Waals surface area contributed by atoms with Crippen molar-refractivity contribution in [2.24, 2.45) is 0 Å². The van der Waals surface area contributed by atoms with E-state index in [-0.39, 0.29) is 0 Å². The predicted octanol–water partition coefficient (Wildman–Crippen LogP) is 0.121. The fourth-order valence-corrected chi connectivity index (χ4v) is 2.22. The number of imidazole rings is 1. The van der Waals surface area contributed by atoms with Gasteiger partial charge < -0.3 is 0 Å². The van der Waals surface area contributed by atoms with Crippen molar-refractivity contribution in [2.75, 3.05) is 0 Å². The maximum absolute atomic E-state index is 4.32. The summed E-state index contributed by atoms with van der Waals surface area (Å²) in [5.41, 5.74) is 1.71. The zero-order valence-electron chi connectivity index (χ0n) is 6.61. The molecule has 0 aliphatic carbocycles. The third-order valence-corrected chi connectivity index (χ3v) is 3.01. The second kappa shape index (κ2) is 3.21. The standard InChI is InChI=1S/C7H8N4Se/c1-2-12-7-10-5-3-8-4-9-6(5)11-7/h3-4H,2H2,1H3,(H,8,9,10,11). The van der Waals surface area contributed by atoms with Crippen molar-refractivity contribution in [3.8, 4) is 0 Å². The van der Waals surface area contributed by atoms with Gasteiger partial charge in [0.1, 0.15) is 0 Å². The van der Waals surface area contributed by atoms with Crippen molar-refractivity contribution in [2.45, 2.75) is 12.2 Å². The van der Waals surface area contributed by atoms with Crippen LogP contribution in [-0.4, -0.2) is 34.9 Å². The molecule has 2 rings (SSSR count). The van der Waals surface area contributed by atoms with Crippen molar-refractivity contribution in [1.82, 2.24) is 19.9 Å². The van der Waals surface area contributed by atoms with Crippen molar-refractivity contribution in [1.29, 1.82) is 0 Å². The maximum atomic E-state index is 4.32. The second-order valence-corrected chi connectivity index (χ2v) is 4.86. The summed E-state index contributed by atoms with van der Waals surface area (Å²) in [5.74, 6) is 0. The fourth-order valence-electron chi connectivity index (χ4n) is 0.945. The SMILES string of the molecule is CC[Se]c1nc2ncncc2[nH]1. The van der Waals surface area contributed by atoms with Crippen LogP contribution in [0.3, 0.4) is 0 Å². The first-order valence-corrected chi connectivity index (χ1v) is 5.75. The number of nitrogens with one attached hydrogen (secondary N) is 1. The van der Waals surface area contributed by atoms with Gasteiger partial charge >= 0.3 is 75.5 Å². The number of aromatic amines is 1. The quantitative estimate of drug-likeness (QED) is 0.741. The summed E-state index contributed by atoms with van der Waals surface area (Å²) in [6.07, 6.45) is 3.27. The predicted molar refractivity (Wildman–Crippen MR) is 47.6 cm³/mol. The molecule has 0 amide bonds. The average Bonchev–Trinajstić information content (AvgIpc) is 2.47. The summed E-state index contributed by atoms with van der Waals surface area (Å²) in [7, 11) is 0. The molecule has 0 fully saturated rings. The van der Waals surface area contributed by atoms with E-state index in [9.17, 15) is 0 Å². The first-order chi connectivity index (χ1) is 5.90. The van der Waals surface area contributed by atoms with Crippen LogP contribution in [0, 0.1) is 0 Å². The van der Waals surface area contributed by atoms with Gasteiger partial charge in [0.15, 0.2) is 0 Å². The van der Waals surface area contributed by atoms with Crippen LogP contribution < -0.4 is 4.72 Å². The van der Waals surface area contributed by atoms with Gasteiger partial charge in [0.2, 0.25) is 0 Å². The summed E-state index contributed by atoms with van der Waals surface area (Å²) in [5, 5.41) is 1.15. The summed E-state index contributed by atoms with van der Waals surface area (Å²) < 4.78 is 1.06. The molecule has 0 aliphatic heterocycles. The monoisotopic (exact) mass is 228 g/mol. The number of hydrogen-bond acceptors (Lipinski definition) is 3. The van der Waals surface area contributed by atoms with Crippen LogP contribution in [0.2, 0.25) is 5.32 Å². The molecule has 12 heavy (non-hydrogen) atoms. The molecule has 0 saturated heterocycles. The summed E-state index contributed by atoms with van der Waals surface area (Å²) in [6, 6.07) is 0. The van der Waals surface area contributed by atoms with Crippen LogP contribution in [0.1, 0.15) is 6.92 Å². The topological polar surface area (TPSA) is 54.5 Å². The Morgan fingerprint density at radius 1 is 1.58 bits per heavy atom. The van der Waals surface area contributed by atoms with Gasteiger partial charge in [-0.05, 0) is 0 Å². The summed E-state index contributed by atoms with van der Waals surface area (Å²) in [4.78, 5) is 15.5. The molecule has 5 heteroatoms. The van der Waals surface area contributed by atoms with Gasteiger partial charge in [0.05, 0.1) is 0 Å². The molecule has 2 aromatic rings. The molecule has 0 atom stereocenters. The van der Waals surface area contributed by atoms with E-state index in [0.717, 1.165) is 21.2 Å². The zero-order chi connectivity index (χ0) is 8.39. The van der Waals surface area contributed by atoms with E-state index in [1.54, 1.807) is 6.20 Å². The van der Waals surface area contributed by atoms with Gasteiger partial charge in [0.25, 0.3) is 0 Å². The molecule has 0 saturated carbocycles. The average molecular weight is 227 g/mol. The van der Waals surface area contributed by atoms with E-state index in [1.807, 2.05) is 0 Å². The van der Waals surface area contributed by atoms with Gasteiger partial charge in [-0.1, -0.05) is 0 Å². The third kappa shape index (κ3) is 1.33. The van der Waals surface area contributed by atoms with E-state index < -0.39 is 0 Å². The van der Waals surface area contributed by atoms with Crippen molar-refractivity contribution in [3.05, 3.63) is 12.5 Å². The molecular weight excluding hydrogens is 219 g/mol. The molecule has 4 nitrogen and oxygen atoms in total. The second-order valence-electron chi connectivity index (χ2n) is 2.23. The molecule has 0 bridgehead atoms. The van der Waals surface area contributed by atoms with E-state index in [0.29, 0.717) is 15.0 Å². The van der Waals surface area contributed by atoms with Gasteiger partial charge in [-0.25, -0.2) is 0 Å². The van der Waals surface area contributed by atoms with Gasteiger partial charge in [-0.2, -0.15) is 0 Å². The number of hydrogen-bond donors (Lipinski definition) is 1.